The number of likely N-dealkylation sites (N-methyl/N-ethyl adjacent to an activating group) is 1. The zero-order valence-electron chi connectivity index (χ0n) is 30.7. The Balaban J connectivity index is 1.46. The fraction of sp³-hybridized carbons (Fsp3) is 0.375. The van der Waals surface area contributed by atoms with Crippen LogP contribution >= 0.6 is 0 Å². The molecule has 4 atom stereocenters. The van der Waals surface area contributed by atoms with Gasteiger partial charge in [0.05, 0.1) is 12.1 Å². The van der Waals surface area contributed by atoms with Gasteiger partial charge in [-0.25, -0.2) is 13.8 Å². The van der Waals surface area contributed by atoms with Gasteiger partial charge < -0.3 is 30.3 Å². The number of nitrogens with zero attached hydrogens (tertiary/aromatic N) is 4. The summed E-state index contributed by atoms with van der Waals surface area (Å²) >= 11 is 0. The maximum atomic E-state index is 14.6. The predicted molar refractivity (Wildman–Crippen MR) is 197 cm³/mol. The Kier molecular flexibility index (Phi) is 12.4. The average molecular weight is 728 g/mol. The molecule has 280 valence electrons. The minimum absolute atomic E-state index is 0.0879. The van der Waals surface area contributed by atoms with Crippen LogP contribution < -0.4 is 16.0 Å². The van der Waals surface area contributed by atoms with Crippen LogP contribution in [0.1, 0.15) is 60.5 Å². The van der Waals surface area contributed by atoms with E-state index in [1.54, 1.807) is 83.1 Å². The van der Waals surface area contributed by atoms with E-state index in [9.17, 15) is 28.0 Å². The van der Waals surface area contributed by atoms with Gasteiger partial charge in [0, 0.05) is 43.1 Å². The maximum Gasteiger partial charge on any atom is 0.274 e. The van der Waals surface area contributed by atoms with E-state index in [-0.39, 0.29) is 48.9 Å². The molecule has 4 amide bonds. The molecule has 5 rings (SSSR count). The van der Waals surface area contributed by atoms with Gasteiger partial charge in [-0.2, -0.15) is 0 Å². The lowest BCUT2D eigenvalue weighted by molar-refractivity contribution is -0.140. The lowest BCUT2D eigenvalue weighted by Crippen LogP contribution is -2.59. The standard InChI is InChI=1S/C40H47F2N7O4/c1-26(43-5)36(50)46-35(40(2,3)4)39(53)49-22-31(45-37(51)28-9-7-6-8-10-28)21-33(49)23-47(20-19-27-11-13-29(41)14-12-27)38(52)34-24-48(25-44-34)32-17-15-30(42)16-18-32/h6-18,24-26,31,33,35,43H,19-23H2,1-5H3,(H,45,51)(H,46,50). The highest BCUT2D eigenvalue weighted by Gasteiger charge is 2.44. The second kappa shape index (κ2) is 16.9. The fourth-order valence-electron chi connectivity index (χ4n) is 6.33. The van der Waals surface area contributed by atoms with Crippen molar-refractivity contribution in [2.24, 2.45) is 5.41 Å². The molecule has 4 unspecified atom stereocenters. The number of amides is 4. The third-order valence-electron chi connectivity index (χ3n) is 9.52. The molecule has 1 fully saturated rings. The van der Waals surface area contributed by atoms with E-state index in [1.807, 2.05) is 26.8 Å². The molecule has 3 aromatic carbocycles. The number of carbonyl (C=O) groups is 4. The summed E-state index contributed by atoms with van der Waals surface area (Å²) in [5.41, 5.74) is 1.36. The van der Waals surface area contributed by atoms with Crippen LogP contribution in [0.4, 0.5) is 8.78 Å². The van der Waals surface area contributed by atoms with Gasteiger partial charge in [-0.3, -0.25) is 19.2 Å². The second-order valence-electron chi connectivity index (χ2n) is 14.5. The Labute approximate surface area is 308 Å². The fourth-order valence-corrected chi connectivity index (χ4v) is 6.33. The zero-order chi connectivity index (χ0) is 38.3. The van der Waals surface area contributed by atoms with Gasteiger partial charge in [0.2, 0.25) is 11.8 Å². The third kappa shape index (κ3) is 9.92. The quantitative estimate of drug-likeness (QED) is 0.188. The SMILES string of the molecule is CNC(C)C(=O)NC(C(=O)N1CC(NC(=O)c2ccccc2)CC1CN(CCc1ccc(F)cc1)C(=O)c1cn(-c2ccc(F)cc2)cn1)C(C)(C)C. The van der Waals surface area contributed by atoms with Gasteiger partial charge in [0.15, 0.2) is 0 Å². The largest absolute Gasteiger partial charge is 0.347 e. The summed E-state index contributed by atoms with van der Waals surface area (Å²) in [5.74, 6) is -2.12. The van der Waals surface area contributed by atoms with Crippen LogP contribution in [0.5, 0.6) is 0 Å². The number of nitrogens with one attached hydrogen (secondary N) is 3. The van der Waals surface area contributed by atoms with Crippen LogP contribution in [-0.2, 0) is 16.0 Å². The van der Waals surface area contributed by atoms with Crippen LogP contribution in [-0.4, -0.2) is 93.8 Å². The van der Waals surface area contributed by atoms with Crippen LogP contribution in [0.15, 0.2) is 91.4 Å². The average Bonchev–Trinajstić information content (AvgIpc) is 3.80. The van der Waals surface area contributed by atoms with Gasteiger partial charge in [0.1, 0.15) is 29.7 Å². The Morgan fingerprint density at radius 1 is 0.943 bits per heavy atom. The second-order valence-corrected chi connectivity index (χ2v) is 14.5. The van der Waals surface area contributed by atoms with E-state index in [0.717, 1.165) is 5.56 Å². The molecule has 1 aliphatic heterocycles. The number of hydrogen-bond donors (Lipinski definition) is 3. The van der Waals surface area contributed by atoms with Crippen LogP contribution in [0, 0.1) is 17.0 Å². The summed E-state index contributed by atoms with van der Waals surface area (Å²) in [6, 6.07) is 18.1. The van der Waals surface area contributed by atoms with E-state index in [1.165, 1.54) is 30.6 Å². The van der Waals surface area contributed by atoms with Gasteiger partial charge in [0.25, 0.3) is 11.8 Å². The van der Waals surface area contributed by atoms with Gasteiger partial charge >= 0.3 is 0 Å². The summed E-state index contributed by atoms with van der Waals surface area (Å²) < 4.78 is 28.9. The van der Waals surface area contributed by atoms with Crippen molar-refractivity contribution in [2.75, 3.05) is 26.7 Å². The van der Waals surface area contributed by atoms with E-state index in [4.69, 9.17) is 0 Å². The van der Waals surface area contributed by atoms with E-state index >= 15 is 0 Å². The monoisotopic (exact) mass is 727 g/mol. The number of likely N-dealkylation sites (tertiary alicyclic amines) is 1. The normalized spacial score (nSPS) is 16.8. The minimum atomic E-state index is -0.911. The number of imidazole rings is 1. The molecule has 2 heterocycles. The minimum Gasteiger partial charge on any atom is -0.347 e. The first-order valence-corrected chi connectivity index (χ1v) is 17.7. The van der Waals surface area contributed by atoms with Crippen molar-refractivity contribution in [2.45, 2.75) is 64.7 Å². The molecule has 1 aliphatic rings. The van der Waals surface area contributed by atoms with Crippen molar-refractivity contribution in [3.63, 3.8) is 0 Å². The number of halogens is 2. The van der Waals surface area contributed by atoms with Crippen molar-refractivity contribution in [1.29, 1.82) is 0 Å². The third-order valence-corrected chi connectivity index (χ3v) is 9.52. The summed E-state index contributed by atoms with van der Waals surface area (Å²) in [4.78, 5) is 62.8. The molecule has 11 nitrogen and oxygen atoms in total. The van der Waals surface area contributed by atoms with E-state index < -0.39 is 41.3 Å². The Morgan fingerprint density at radius 2 is 1.58 bits per heavy atom. The number of rotatable bonds is 13. The topological polar surface area (TPSA) is 129 Å². The zero-order valence-corrected chi connectivity index (χ0v) is 30.7. The highest BCUT2D eigenvalue weighted by atomic mass is 19.1. The highest BCUT2D eigenvalue weighted by Crippen LogP contribution is 2.27. The maximum absolute atomic E-state index is 14.6. The molecule has 0 saturated carbocycles. The van der Waals surface area contributed by atoms with E-state index in [2.05, 4.69) is 20.9 Å². The summed E-state index contributed by atoms with van der Waals surface area (Å²) in [6.45, 7) is 7.78. The van der Waals surface area contributed by atoms with Crippen molar-refractivity contribution in [3.8, 4) is 5.69 Å². The number of aromatic nitrogens is 2. The molecule has 4 aromatic rings. The van der Waals surface area contributed by atoms with Crippen LogP contribution in [0.2, 0.25) is 0 Å². The van der Waals surface area contributed by atoms with Gasteiger partial charge in [-0.05, 0) is 86.3 Å². The molecule has 13 heteroatoms. The molecule has 0 spiro atoms. The first-order chi connectivity index (χ1) is 25.2. The number of benzene rings is 3. The van der Waals surface area contributed by atoms with Crippen LogP contribution in [0.3, 0.4) is 0 Å². The molecular formula is C40H47F2N7O4. The molecule has 0 radical (unpaired) electrons. The summed E-state index contributed by atoms with van der Waals surface area (Å²) in [6.07, 6.45) is 3.77. The van der Waals surface area contributed by atoms with Crippen molar-refractivity contribution < 1.29 is 28.0 Å². The van der Waals surface area contributed by atoms with Crippen LogP contribution in [0.25, 0.3) is 5.69 Å². The van der Waals surface area contributed by atoms with Gasteiger partial charge in [-0.1, -0.05) is 51.1 Å². The smallest absolute Gasteiger partial charge is 0.274 e. The number of carbonyl (C=O) groups excluding carboxylic acids is 4. The Bertz CT molecular complexity index is 1880. The van der Waals surface area contributed by atoms with Crippen molar-refractivity contribution in [1.82, 2.24) is 35.3 Å². The molecule has 1 aromatic heterocycles. The summed E-state index contributed by atoms with van der Waals surface area (Å²) in [5, 5.41) is 8.91. The van der Waals surface area contributed by atoms with Crippen molar-refractivity contribution in [3.05, 3.63) is 120 Å². The van der Waals surface area contributed by atoms with Crippen molar-refractivity contribution >= 4 is 23.6 Å². The first kappa shape index (κ1) is 38.8. The molecule has 53 heavy (non-hydrogen) atoms. The lowest BCUT2D eigenvalue weighted by atomic mass is 9.85. The number of hydrogen-bond acceptors (Lipinski definition) is 6. The Hall–Kier alpha value is -5.43. The first-order valence-electron chi connectivity index (χ1n) is 17.7. The molecule has 1 saturated heterocycles. The molecule has 0 aliphatic carbocycles. The lowest BCUT2D eigenvalue weighted by Gasteiger charge is -2.37. The molecule has 3 N–H and O–H groups in total. The predicted octanol–water partition coefficient (Wildman–Crippen LogP) is 4.37. The highest BCUT2D eigenvalue weighted by molar-refractivity contribution is 5.95. The van der Waals surface area contributed by atoms with E-state index in [0.29, 0.717) is 24.1 Å². The van der Waals surface area contributed by atoms with Gasteiger partial charge in [-0.15, -0.1) is 0 Å². The Morgan fingerprint density at radius 3 is 2.21 bits per heavy atom. The summed E-state index contributed by atoms with van der Waals surface area (Å²) in [7, 11) is 1.66. The molecule has 0 bridgehead atoms. The molecular weight excluding hydrogens is 680 g/mol.